The minimum atomic E-state index is -4.73. The van der Waals surface area contributed by atoms with Crippen molar-refractivity contribution in [1.29, 1.82) is 0 Å². The molecule has 0 heterocycles. The summed E-state index contributed by atoms with van der Waals surface area (Å²) in [5.74, 6) is 1.73. The summed E-state index contributed by atoms with van der Waals surface area (Å²) in [4.78, 5) is 0. The predicted molar refractivity (Wildman–Crippen MR) is 87.4 cm³/mol. The van der Waals surface area contributed by atoms with Gasteiger partial charge in [-0.1, -0.05) is 13.0 Å². The molecule has 0 amide bonds. The van der Waals surface area contributed by atoms with Gasteiger partial charge in [0, 0.05) is 0 Å². The van der Waals surface area contributed by atoms with Gasteiger partial charge in [-0.3, -0.25) is 0 Å². The normalized spacial score (nSPS) is 36.6. The molecule has 0 aliphatic heterocycles. The van der Waals surface area contributed by atoms with E-state index in [0.717, 1.165) is 44.1 Å². The third-order valence-electron chi connectivity index (χ3n) is 6.85. The van der Waals surface area contributed by atoms with Gasteiger partial charge in [-0.2, -0.15) is 0 Å². The Morgan fingerprint density at radius 3 is 2.72 bits per heavy atom. The zero-order valence-corrected chi connectivity index (χ0v) is 17.6. The molecule has 2 saturated carbocycles. The monoisotopic (exact) mass is 374 g/mol. The van der Waals surface area contributed by atoms with Gasteiger partial charge < -0.3 is 13.8 Å². The van der Waals surface area contributed by atoms with Crippen molar-refractivity contribution in [2.75, 3.05) is 0 Å². The number of hydrogen-bond acceptors (Lipinski definition) is 5. The van der Waals surface area contributed by atoms with Crippen LogP contribution in [0.3, 0.4) is 0 Å². The van der Waals surface area contributed by atoms with Gasteiger partial charge in [0.25, 0.3) is 10.4 Å². The maximum Gasteiger partial charge on any atom is 1.00 e. The van der Waals surface area contributed by atoms with Gasteiger partial charge in [0.15, 0.2) is 0 Å². The minimum Gasteiger partial charge on any atom is -0.716 e. The summed E-state index contributed by atoms with van der Waals surface area (Å²) in [7, 11) is -4.73. The van der Waals surface area contributed by atoms with E-state index in [1.54, 1.807) is 12.1 Å². The molecule has 0 aromatic heterocycles. The molecule has 0 spiro atoms. The molecule has 4 rings (SSSR count). The molecule has 5 nitrogen and oxygen atoms in total. The van der Waals surface area contributed by atoms with Gasteiger partial charge in [-0.05, 0) is 85.0 Å². The first-order valence-electron chi connectivity index (χ1n) is 8.74. The molecule has 1 aromatic carbocycles. The minimum absolute atomic E-state index is 0. The molecule has 3 aliphatic rings. The van der Waals surface area contributed by atoms with Crippen LogP contribution in [0.4, 0.5) is 0 Å². The average Bonchev–Trinajstić information content (AvgIpc) is 2.81. The van der Waals surface area contributed by atoms with Crippen LogP contribution in [0.1, 0.15) is 56.1 Å². The smallest absolute Gasteiger partial charge is 0.716 e. The summed E-state index contributed by atoms with van der Waals surface area (Å²) in [6.45, 7) is 2.25. The zero-order chi connectivity index (χ0) is 17.1. The number of hydrogen-bond donors (Lipinski definition) is 1. The van der Waals surface area contributed by atoms with E-state index in [0.29, 0.717) is 17.8 Å². The third kappa shape index (κ3) is 3.42. The maximum atomic E-state index is 10.8. The van der Waals surface area contributed by atoms with Gasteiger partial charge in [-0.25, -0.2) is 8.42 Å². The third-order valence-corrected chi connectivity index (χ3v) is 7.24. The number of fused-ring (bicyclic) bond motifs is 5. The van der Waals surface area contributed by atoms with E-state index in [-0.39, 0.29) is 46.8 Å². The summed E-state index contributed by atoms with van der Waals surface area (Å²) in [5, 5.41) is 10.4. The van der Waals surface area contributed by atoms with E-state index < -0.39 is 10.4 Å². The van der Waals surface area contributed by atoms with Crippen molar-refractivity contribution in [3.63, 3.8) is 0 Å². The van der Waals surface area contributed by atoms with E-state index in [1.807, 2.05) is 6.07 Å². The SMILES string of the molecule is C[C@]12CCC3c4ccc(OS(=O)(=O)[O-])cc4CCC3C1CC[C@@H]2O.[Na+]. The van der Waals surface area contributed by atoms with Crippen LogP contribution in [0, 0.1) is 17.3 Å². The zero-order valence-electron chi connectivity index (χ0n) is 14.8. The number of rotatable bonds is 2. The molecule has 2 fully saturated rings. The molecule has 7 heteroatoms. The number of benzene rings is 1. The molecule has 25 heavy (non-hydrogen) atoms. The van der Waals surface area contributed by atoms with Crippen molar-refractivity contribution in [2.24, 2.45) is 17.3 Å². The molecule has 5 atom stereocenters. The van der Waals surface area contributed by atoms with E-state index in [9.17, 15) is 18.1 Å². The van der Waals surface area contributed by atoms with Crippen LogP contribution in [0.5, 0.6) is 5.75 Å². The first-order valence-corrected chi connectivity index (χ1v) is 10.1. The van der Waals surface area contributed by atoms with Crippen LogP contribution >= 0.6 is 0 Å². The van der Waals surface area contributed by atoms with Gasteiger partial charge in [0.2, 0.25) is 0 Å². The van der Waals surface area contributed by atoms with Crippen molar-refractivity contribution in [3.05, 3.63) is 29.3 Å². The van der Waals surface area contributed by atoms with Crippen LogP contribution in [0.15, 0.2) is 18.2 Å². The number of aryl methyl sites for hydroxylation is 1. The molecular formula is C18H23NaO5S. The Morgan fingerprint density at radius 2 is 2.00 bits per heavy atom. The average molecular weight is 374 g/mol. The second-order valence-corrected chi connectivity index (χ2v) is 8.89. The van der Waals surface area contributed by atoms with Crippen molar-refractivity contribution >= 4 is 10.4 Å². The standard InChI is InChI=1S/C18H24O5S.Na/c1-18-9-8-14-13-5-3-12(23-24(20,21)22)10-11(13)2-4-15(14)16(18)6-7-17(18)19;/h3,5,10,14-17,19H,2,4,6-9H2,1H3,(H,20,21,22);/q;+1/p-1/t14?,15?,16?,17-,18-;/m0./s1. The van der Waals surface area contributed by atoms with Gasteiger partial charge in [0.1, 0.15) is 5.75 Å². The summed E-state index contributed by atoms with van der Waals surface area (Å²) in [6.07, 6.45) is 5.85. The Labute approximate surface area is 171 Å². The fraction of sp³-hybridized carbons (Fsp3) is 0.667. The number of aliphatic hydroxyl groups excluding tert-OH is 1. The van der Waals surface area contributed by atoms with Gasteiger partial charge in [-0.15, -0.1) is 0 Å². The Kier molecular flexibility index (Phi) is 5.35. The van der Waals surface area contributed by atoms with E-state index in [4.69, 9.17) is 0 Å². The molecule has 3 unspecified atom stereocenters. The topological polar surface area (TPSA) is 86.7 Å². The van der Waals surface area contributed by atoms with Crippen LogP contribution in [0.2, 0.25) is 0 Å². The Balaban J connectivity index is 0.00000182. The Bertz CT molecular complexity index is 765. The molecular weight excluding hydrogens is 351 g/mol. The second-order valence-electron chi connectivity index (χ2n) is 7.91. The molecule has 3 aliphatic carbocycles. The molecule has 132 valence electrons. The Hall–Kier alpha value is -0.110. The molecule has 1 N–H and O–H groups in total. The van der Waals surface area contributed by atoms with Crippen LogP contribution < -0.4 is 33.7 Å². The fourth-order valence-electron chi connectivity index (χ4n) is 5.70. The summed E-state index contributed by atoms with van der Waals surface area (Å²) in [6, 6.07) is 5.23. The first kappa shape index (κ1) is 19.6. The Morgan fingerprint density at radius 1 is 1.24 bits per heavy atom. The van der Waals surface area contributed by atoms with Crippen LogP contribution in [0.25, 0.3) is 0 Å². The van der Waals surface area contributed by atoms with Gasteiger partial charge in [0.05, 0.1) is 6.10 Å². The van der Waals surface area contributed by atoms with E-state index in [2.05, 4.69) is 11.1 Å². The first-order chi connectivity index (χ1) is 11.3. The largest absolute Gasteiger partial charge is 1.00 e. The van der Waals surface area contributed by atoms with E-state index in [1.165, 1.54) is 5.56 Å². The van der Waals surface area contributed by atoms with Crippen molar-refractivity contribution in [3.8, 4) is 5.75 Å². The van der Waals surface area contributed by atoms with Crippen molar-refractivity contribution < 1.29 is 51.8 Å². The number of aliphatic hydroxyl groups is 1. The maximum absolute atomic E-state index is 10.8. The molecule has 0 bridgehead atoms. The summed E-state index contributed by atoms with van der Waals surface area (Å²) in [5.41, 5.74) is 2.42. The van der Waals surface area contributed by atoms with E-state index >= 15 is 0 Å². The molecule has 1 aromatic rings. The molecule has 0 saturated heterocycles. The summed E-state index contributed by atoms with van der Waals surface area (Å²) >= 11 is 0. The quantitative estimate of drug-likeness (QED) is 0.438. The van der Waals surface area contributed by atoms with Crippen LogP contribution in [-0.4, -0.2) is 24.2 Å². The fourth-order valence-corrected chi connectivity index (χ4v) is 6.04. The predicted octanol–water partition coefficient (Wildman–Crippen LogP) is -0.253. The second kappa shape index (κ2) is 6.80. The molecule has 0 radical (unpaired) electrons. The van der Waals surface area contributed by atoms with Crippen LogP contribution in [-0.2, 0) is 16.8 Å². The van der Waals surface area contributed by atoms with Gasteiger partial charge >= 0.3 is 29.6 Å². The summed E-state index contributed by atoms with van der Waals surface area (Å²) < 4.78 is 36.8. The van der Waals surface area contributed by atoms with Crippen molar-refractivity contribution in [1.82, 2.24) is 0 Å². The van der Waals surface area contributed by atoms with Crippen molar-refractivity contribution in [2.45, 2.75) is 57.5 Å².